The van der Waals surface area contributed by atoms with Crippen LogP contribution in [0.15, 0.2) is 11.4 Å². The van der Waals surface area contributed by atoms with Crippen molar-refractivity contribution < 1.29 is 4.79 Å². The molecule has 0 aliphatic heterocycles. The van der Waals surface area contributed by atoms with Crippen LogP contribution >= 0.6 is 11.3 Å². The zero-order valence-electron chi connectivity index (χ0n) is 9.63. The number of hydrogen-bond donors (Lipinski definition) is 2. The van der Waals surface area contributed by atoms with Crippen molar-refractivity contribution in [2.45, 2.75) is 33.7 Å². The van der Waals surface area contributed by atoms with Gasteiger partial charge >= 0.3 is 0 Å². The predicted octanol–water partition coefficient (Wildman–Crippen LogP) is 2.49. The number of nitrogen functional groups attached to an aromatic ring is 1. The highest BCUT2D eigenvalue weighted by Gasteiger charge is 2.23. The zero-order chi connectivity index (χ0) is 11.6. The second-order valence-electron chi connectivity index (χ2n) is 4.77. The van der Waals surface area contributed by atoms with Crippen molar-refractivity contribution in [1.29, 1.82) is 0 Å². The largest absolute Gasteiger partial charge is 0.397 e. The van der Waals surface area contributed by atoms with E-state index in [2.05, 4.69) is 26.1 Å². The molecule has 0 saturated heterocycles. The van der Waals surface area contributed by atoms with Crippen LogP contribution in [-0.2, 0) is 0 Å². The molecular formula is C11H18N2OS. The fraction of sp³-hybridized carbons (Fsp3) is 0.545. The third-order valence-electron chi connectivity index (χ3n) is 2.55. The summed E-state index contributed by atoms with van der Waals surface area (Å²) >= 11 is 1.37. The number of nitrogens with one attached hydrogen (secondary N) is 1. The number of carbonyl (C=O) groups excluding carboxylic acids is 1. The first-order valence-electron chi connectivity index (χ1n) is 4.96. The van der Waals surface area contributed by atoms with Gasteiger partial charge in [0.15, 0.2) is 0 Å². The zero-order valence-corrected chi connectivity index (χ0v) is 10.4. The summed E-state index contributed by atoms with van der Waals surface area (Å²) in [6, 6.07) is 1.87. The number of thiophene rings is 1. The second kappa shape index (κ2) is 4.23. The molecule has 0 aliphatic rings. The van der Waals surface area contributed by atoms with Crippen LogP contribution in [0.4, 0.5) is 5.69 Å². The first-order valence-corrected chi connectivity index (χ1v) is 5.84. The Kier molecular flexibility index (Phi) is 3.39. The Bertz CT molecular complexity index is 352. The van der Waals surface area contributed by atoms with Crippen LogP contribution in [0.1, 0.15) is 37.4 Å². The molecular weight excluding hydrogens is 208 g/mol. The van der Waals surface area contributed by atoms with E-state index in [1.54, 1.807) is 6.07 Å². The van der Waals surface area contributed by atoms with Gasteiger partial charge in [-0.25, -0.2) is 0 Å². The lowest BCUT2D eigenvalue weighted by atomic mass is 9.88. The summed E-state index contributed by atoms with van der Waals surface area (Å²) in [4.78, 5) is 12.4. The molecule has 0 radical (unpaired) electrons. The molecule has 0 aromatic carbocycles. The molecule has 84 valence electrons. The standard InChI is InChI=1S/C11H18N2OS/c1-7(11(2,3)4)13-10(14)9-8(12)5-6-15-9/h5-7H,12H2,1-4H3,(H,13,14). The fourth-order valence-electron chi connectivity index (χ4n) is 0.982. The van der Waals surface area contributed by atoms with Crippen LogP contribution in [0.2, 0.25) is 0 Å². The van der Waals surface area contributed by atoms with E-state index in [-0.39, 0.29) is 17.4 Å². The minimum absolute atomic E-state index is 0.0572. The van der Waals surface area contributed by atoms with Gasteiger partial charge in [-0.2, -0.15) is 0 Å². The number of rotatable bonds is 2. The molecule has 1 amide bonds. The van der Waals surface area contributed by atoms with Gasteiger partial charge in [0.1, 0.15) is 4.88 Å². The summed E-state index contributed by atoms with van der Waals surface area (Å²) in [5.74, 6) is -0.0788. The highest BCUT2D eigenvalue weighted by atomic mass is 32.1. The van der Waals surface area contributed by atoms with Crippen LogP contribution < -0.4 is 11.1 Å². The lowest BCUT2D eigenvalue weighted by molar-refractivity contribution is 0.0915. The van der Waals surface area contributed by atoms with Gasteiger partial charge in [0.25, 0.3) is 5.91 Å². The average molecular weight is 226 g/mol. The van der Waals surface area contributed by atoms with E-state index >= 15 is 0 Å². The highest BCUT2D eigenvalue weighted by molar-refractivity contribution is 7.12. The van der Waals surface area contributed by atoms with Crippen molar-refractivity contribution >= 4 is 22.9 Å². The molecule has 1 aromatic heterocycles. The van der Waals surface area contributed by atoms with Crippen LogP contribution in [0.5, 0.6) is 0 Å². The van der Waals surface area contributed by atoms with Crippen molar-refractivity contribution in [3.05, 3.63) is 16.3 Å². The Labute approximate surface area is 94.7 Å². The van der Waals surface area contributed by atoms with Gasteiger partial charge in [-0.3, -0.25) is 4.79 Å². The molecule has 15 heavy (non-hydrogen) atoms. The van der Waals surface area contributed by atoms with Crippen LogP contribution in [-0.4, -0.2) is 11.9 Å². The molecule has 1 unspecified atom stereocenters. The first kappa shape index (κ1) is 12.0. The van der Waals surface area contributed by atoms with Gasteiger partial charge in [-0.15, -0.1) is 11.3 Å². The number of anilines is 1. The van der Waals surface area contributed by atoms with Crippen molar-refractivity contribution in [2.75, 3.05) is 5.73 Å². The van der Waals surface area contributed by atoms with Crippen molar-refractivity contribution in [3.8, 4) is 0 Å². The topological polar surface area (TPSA) is 55.1 Å². The van der Waals surface area contributed by atoms with Crippen molar-refractivity contribution in [2.24, 2.45) is 5.41 Å². The molecule has 0 saturated carbocycles. The van der Waals surface area contributed by atoms with Crippen LogP contribution in [0.25, 0.3) is 0 Å². The Morgan fingerprint density at radius 3 is 2.53 bits per heavy atom. The van der Waals surface area contributed by atoms with Crippen molar-refractivity contribution in [1.82, 2.24) is 5.32 Å². The summed E-state index contributed by atoms with van der Waals surface area (Å²) in [6.45, 7) is 8.28. The van der Waals surface area contributed by atoms with Crippen molar-refractivity contribution in [3.63, 3.8) is 0 Å². The SMILES string of the molecule is CC(NC(=O)c1sccc1N)C(C)(C)C. The molecule has 1 rings (SSSR count). The Balaban J connectivity index is 2.69. The maximum absolute atomic E-state index is 11.8. The third kappa shape index (κ3) is 2.96. The van der Waals surface area contributed by atoms with Gasteiger partial charge in [0.2, 0.25) is 0 Å². The van der Waals surface area contributed by atoms with Crippen LogP contribution in [0.3, 0.4) is 0 Å². The minimum atomic E-state index is -0.0788. The minimum Gasteiger partial charge on any atom is -0.397 e. The summed E-state index contributed by atoms with van der Waals surface area (Å²) in [7, 11) is 0. The fourth-order valence-corrected chi connectivity index (χ4v) is 1.70. The molecule has 3 N–H and O–H groups in total. The summed E-state index contributed by atoms with van der Waals surface area (Å²) in [5, 5.41) is 4.78. The number of nitrogens with two attached hydrogens (primary N) is 1. The number of hydrogen-bond acceptors (Lipinski definition) is 3. The monoisotopic (exact) mass is 226 g/mol. The van der Waals surface area contributed by atoms with E-state index < -0.39 is 0 Å². The van der Waals surface area contributed by atoms with Gasteiger partial charge in [-0.1, -0.05) is 20.8 Å². The van der Waals surface area contributed by atoms with Gasteiger partial charge in [0, 0.05) is 6.04 Å². The molecule has 1 aromatic rings. The lowest BCUT2D eigenvalue weighted by Crippen LogP contribution is -2.41. The molecule has 1 atom stereocenters. The highest BCUT2D eigenvalue weighted by Crippen LogP contribution is 2.22. The van der Waals surface area contributed by atoms with E-state index in [9.17, 15) is 4.79 Å². The van der Waals surface area contributed by atoms with Gasteiger partial charge in [0.05, 0.1) is 5.69 Å². The Morgan fingerprint density at radius 2 is 2.13 bits per heavy atom. The van der Waals surface area contributed by atoms with E-state index in [1.165, 1.54) is 11.3 Å². The Morgan fingerprint density at radius 1 is 1.53 bits per heavy atom. The quantitative estimate of drug-likeness (QED) is 0.814. The lowest BCUT2D eigenvalue weighted by Gasteiger charge is -2.27. The molecule has 0 fully saturated rings. The molecule has 0 bridgehead atoms. The van der Waals surface area contributed by atoms with Crippen LogP contribution in [0, 0.1) is 5.41 Å². The number of amides is 1. The van der Waals surface area contributed by atoms with E-state index in [1.807, 2.05) is 12.3 Å². The molecule has 4 heteroatoms. The molecule has 0 aliphatic carbocycles. The molecule has 0 spiro atoms. The summed E-state index contributed by atoms with van der Waals surface area (Å²) in [6.07, 6.45) is 0. The van der Waals surface area contributed by atoms with E-state index in [0.29, 0.717) is 10.6 Å². The summed E-state index contributed by atoms with van der Waals surface area (Å²) in [5.41, 5.74) is 6.29. The normalized spacial score (nSPS) is 13.6. The average Bonchev–Trinajstić information content (AvgIpc) is 2.49. The maximum atomic E-state index is 11.8. The molecule has 3 nitrogen and oxygen atoms in total. The Hall–Kier alpha value is -1.03. The van der Waals surface area contributed by atoms with Gasteiger partial charge < -0.3 is 11.1 Å². The molecule has 1 heterocycles. The smallest absolute Gasteiger partial charge is 0.263 e. The second-order valence-corrected chi connectivity index (χ2v) is 5.68. The summed E-state index contributed by atoms with van der Waals surface area (Å²) < 4.78 is 0. The predicted molar refractivity (Wildman–Crippen MR) is 65.1 cm³/mol. The number of carbonyl (C=O) groups is 1. The third-order valence-corrected chi connectivity index (χ3v) is 3.48. The van der Waals surface area contributed by atoms with E-state index in [0.717, 1.165) is 0 Å². The van der Waals surface area contributed by atoms with E-state index in [4.69, 9.17) is 5.73 Å². The first-order chi connectivity index (χ1) is 6.82. The maximum Gasteiger partial charge on any atom is 0.263 e. The van der Waals surface area contributed by atoms with Gasteiger partial charge in [-0.05, 0) is 23.8 Å².